The molecule has 0 saturated heterocycles. The molecule has 0 amide bonds. The number of hydrogen-bond donors (Lipinski definition) is 0. The van der Waals surface area contributed by atoms with E-state index in [1.54, 1.807) is 0 Å². The molecule has 0 bridgehead atoms. The fraction of sp³-hybridized carbons (Fsp3) is 0.143. The Morgan fingerprint density at radius 3 is 2.12 bits per heavy atom. The highest BCUT2D eigenvalue weighted by atomic mass is 35.5. The summed E-state index contributed by atoms with van der Waals surface area (Å²) < 4.78 is 0. The lowest BCUT2D eigenvalue weighted by Gasteiger charge is -2.04. The fourth-order valence-corrected chi connectivity index (χ4v) is 2.42. The van der Waals surface area contributed by atoms with Gasteiger partial charge in [-0.15, -0.1) is 0 Å². The molecule has 0 heterocycles. The van der Waals surface area contributed by atoms with Crippen LogP contribution in [0.15, 0.2) is 36.4 Å². The highest BCUT2D eigenvalue weighted by Gasteiger charge is 2.00. The third-order valence-electron chi connectivity index (χ3n) is 2.45. The summed E-state index contributed by atoms with van der Waals surface area (Å²) in [5, 5.41) is 1.87. The van der Waals surface area contributed by atoms with Crippen molar-refractivity contribution in [2.45, 2.75) is 12.8 Å². The summed E-state index contributed by atoms with van der Waals surface area (Å²) in [4.78, 5) is 0. The van der Waals surface area contributed by atoms with E-state index < -0.39 is 0 Å². The summed E-state index contributed by atoms with van der Waals surface area (Å²) in [6, 6.07) is 14.5. The van der Waals surface area contributed by atoms with Gasteiger partial charge in [0.05, 0.1) is 10.0 Å². The van der Waals surface area contributed by atoms with E-state index in [-0.39, 0.29) is 0 Å². The minimum atomic E-state index is 0.554. The first-order chi connectivity index (χ1) is 8.13. The Bertz CT molecular complexity index is 500. The minimum absolute atomic E-state index is 0.554. The Morgan fingerprint density at radius 2 is 1.47 bits per heavy atom. The van der Waals surface area contributed by atoms with Crippen molar-refractivity contribution in [1.82, 2.24) is 0 Å². The molecule has 0 N–H and O–H groups in total. The molecule has 0 saturated carbocycles. The lowest BCUT2D eigenvalue weighted by molar-refractivity contribution is 0.960. The number of aryl methyl sites for hydroxylation is 2. The molecule has 0 nitrogen and oxygen atoms in total. The average Bonchev–Trinajstić information content (AvgIpc) is 2.25. The van der Waals surface area contributed by atoms with Gasteiger partial charge in [0.2, 0.25) is 0 Å². The zero-order valence-corrected chi connectivity index (χ0v) is 11.3. The van der Waals surface area contributed by atoms with Crippen LogP contribution in [0.25, 0.3) is 0 Å². The van der Waals surface area contributed by atoms with Crippen LogP contribution in [-0.4, -0.2) is 0 Å². The van der Waals surface area contributed by atoms with Gasteiger partial charge in [-0.25, -0.2) is 0 Å². The predicted octanol–water partition coefficient (Wildman–Crippen LogP) is 5.23. The second kappa shape index (κ2) is 5.77. The van der Waals surface area contributed by atoms with E-state index >= 15 is 0 Å². The van der Waals surface area contributed by atoms with Crippen LogP contribution in [0, 0.1) is 6.07 Å². The van der Waals surface area contributed by atoms with E-state index in [0.29, 0.717) is 10.0 Å². The predicted molar refractivity (Wildman–Crippen MR) is 74.2 cm³/mol. The topological polar surface area (TPSA) is 0 Å². The smallest absolute Gasteiger partial charge is 0.0503 e. The first kappa shape index (κ1) is 12.8. The van der Waals surface area contributed by atoms with Crippen LogP contribution >= 0.6 is 34.8 Å². The van der Waals surface area contributed by atoms with Crippen molar-refractivity contribution in [3.05, 3.63) is 68.7 Å². The number of hydrogen-bond acceptors (Lipinski definition) is 0. The molecule has 0 unspecified atom stereocenters. The van der Waals surface area contributed by atoms with Gasteiger partial charge in [0, 0.05) is 11.1 Å². The molecule has 0 fully saturated rings. The van der Waals surface area contributed by atoms with E-state index in [1.807, 2.05) is 30.3 Å². The summed E-state index contributed by atoms with van der Waals surface area (Å²) in [5.41, 5.74) is 2.32. The van der Waals surface area contributed by atoms with Gasteiger partial charge in [0.15, 0.2) is 0 Å². The van der Waals surface area contributed by atoms with Crippen molar-refractivity contribution < 1.29 is 0 Å². The molecule has 17 heavy (non-hydrogen) atoms. The lowest BCUT2D eigenvalue weighted by atomic mass is 10.0. The maximum Gasteiger partial charge on any atom is 0.0503 e. The summed E-state index contributed by atoms with van der Waals surface area (Å²) >= 11 is 17.7. The maximum atomic E-state index is 5.93. The van der Waals surface area contributed by atoms with E-state index in [2.05, 4.69) is 12.1 Å². The molecule has 2 aromatic carbocycles. The SMILES string of the molecule is Clc1[c]c(Cl)cc(CCc2cccc(Cl)c2)c1. The molecule has 0 aliphatic rings. The number of benzene rings is 2. The minimum Gasteiger partial charge on any atom is -0.0843 e. The van der Waals surface area contributed by atoms with Gasteiger partial charge in [0.25, 0.3) is 0 Å². The molecule has 1 radical (unpaired) electrons. The van der Waals surface area contributed by atoms with E-state index in [4.69, 9.17) is 34.8 Å². The van der Waals surface area contributed by atoms with E-state index in [9.17, 15) is 0 Å². The van der Waals surface area contributed by atoms with Crippen LogP contribution in [0.3, 0.4) is 0 Å². The van der Waals surface area contributed by atoms with Crippen molar-refractivity contribution in [3.63, 3.8) is 0 Å². The molecule has 0 aliphatic heterocycles. The summed E-state index contributed by atoms with van der Waals surface area (Å²) in [6.45, 7) is 0. The third-order valence-corrected chi connectivity index (χ3v) is 3.10. The quantitative estimate of drug-likeness (QED) is 0.724. The van der Waals surface area contributed by atoms with Gasteiger partial charge in [0.1, 0.15) is 0 Å². The maximum absolute atomic E-state index is 5.93. The number of halogens is 3. The highest BCUT2D eigenvalue weighted by molar-refractivity contribution is 6.34. The molecule has 87 valence electrons. The Balaban J connectivity index is 2.07. The molecular formula is C14H10Cl3. The second-order valence-corrected chi connectivity index (χ2v) is 5.07. The molecule has 2 aromatic rings. The fourth-order valence-electron chi connectivity index (χ4n) is 1.68. The van der Waals surface area contributed by atoms with Gasteiger partial charge in [-0.1, -0.05) is 46.9 Å². The summed E-state index contributed by atoms with van der Waals surface area (Å²) in [6.07, 6.45) is 1.80. The van der Waals surface area contributed by atoms with Crippen molar-refractivity contribution in [2.24, 2.45) is 0 Å². The van der Waals surface area contributed by atoms with Crippen LogP contribution in [0.5, 0.6) is 0 Å². The van der Waals surface area contributed by atoms with Crippen LogP contribution in [0.2, 0.25) is 15.1 Å². The van der Waals surface area contributed by atoms with Gasteiger partial charge in [-0.3, -0.25) is 0 Å². The summed E-state index contributed by atoms with van der Waals surface area (Å²) in [7, 11) is 0. The zero-order chi connectivity index (χ0) is 12.3. The van der Waals surface area contributed by atoms with Crippen molar-refractivity contribution in [2.75, 3.05) is 0 Å². The van der Waals surface area contributed by atoms with Gasteiger partial charge in [-0.05, 0) is 48.2 Å². The van der Waals surface area contributed by atoms with Gasteiger partial charge >= 0.3 is 0 Å². The van der Waals surface area contributed by atoms with Crippen LogP contribution in [-0.2, 0) is 12.8 Å². The monoisotopic (exact) mass is 283 g/mol. The zero-order valence-electron chi connectivity index (χ0n) is 9.01. The molecule has 0 atom stereocenters. The van der Waals surface area contributed by atoms with Gasteiger partial charge in [-0.2, -0.15) is 0 Å². The molecular weight excluding hydrogens is 275 g/mol. The largest absolute Gasteiger partial charge is 0.0843 e. The van der Waals surface area contributed by atoms with Crippen LogP contribution < -0.4 is 0 Å². The summed E-state index contributed by atoms with van der Waals surface area (Å²) in [5.74, 6) is 0. The Kier molecular flexibility index (Phi) is 4.33. The first-order valence-electron chi connectivity index (χ1n) is 5.25. The third kappa shape index (κ3) is 3.92. The van der Waals surface area contributed by atoms with Gasteiger partial charge < -0.3 is 0 Å². The van der Waals surface area contributed by atoms with Crippen molar-refractivity contribution in [3.8, 4) is 0 Å². The molecule has 0 spiro atoms. The average molecular weight is 285 g/mol. The van der Waals surface area contributed by atoms with Crippen LogP contribution in [0.1, 0.15) is 11.1 Å². The lowest BCUT2D eigenvalue weighted by Crippen LogP contribution is -1.91. The number of rotatable bonds is 3. The molecule has 3 heteroatoms. The first-order valence-corrected chi connectivity index (χ1v) is 6.38. The second-order valence-electron chi connectivity index (χ2n) is 3.81. The Hall–Kier alpha value is -0.690. The molecule has 0 aromatic heterocycles. The molecule has 2 rings (SSSR count). The standard InChI is InChI=1S/C14H10Cl3/c15-12-3-1-2-10(6-12)4-5-11-7-13(16)9-14(17)8-11/h1-3,6-8H,4-5H2. The van der Waals surface area contributed by atoms with E-state index in [0.717, 1.165) is 23.4 Å². The Morgan fingerprint density at radius 1 is 0.824 bits per heavy atom. The van der Waals surface area contributed by atoms with Crippen molar-refractivity contribution >= 4 is 34.8 Å². The normalized spacial score (nSPS) is 10.5. The Labute approximate surface area is 116 Å². The van der Waals surface area contributed by atoms with E-state index in [1.165, 1.54) is 5.56 Å². The molecule has 0 aliphatic carbocycles. The van der Waals surface area contributed by atoms with Crippen LogP contribution in [0.4, 0.5) is 0 Å². The highest BCUT2D eigenvalue weighted by Crippen LogP contribution is 2.20. The van der Waals surface area contributed by atoms with Crippen molar-refractivity contribution in [1.29, 1.82) is 0 Å².